The van der Waals surface area contributed by atoms with Crippen molar-refractivity contribution in [1.82, 2.24) is 0 Å². The second-order valence-electron chi connectivity index (χ2n) is 11.3. The second-order valence-corrected chi connectivity index (χ2v) is 17.1. The molecule has 0 aliphatic heterocycles. The van der Waals surface area contributed by atoms with Crippen LogP contribution in [0.5, 0.6) is 0 Å². The van der Waals surface area contributed by atoms with E-state index in [0.717, 1.165) is 62.7 Å². The Labute approximate surface area is 222 Å². The number of unbranched alkanes of at least 4 members (excludes halogenated alkanes) is 16. The minimum atomic E-state index is -2.56. The zero-order chi connectivity index (χ0) is 25.9. The molecular weight excluding hydrogens is 473 g/mol. The molecule has 0 spiro atoms. The Hall–Kier alpha value is 0.224. The molecular formula is C30H63F3Si2. The molecule has 5 heteroatoms. The van der Waals surface area contributed by atoms with Gasteiger partial charge in [0.25, 0.3) is 0 Å². The predicted molar refractivity (Wildman–Crippen MR) is 159 cm³/mol. The molecule has 212 valence electrons. The van der Waals surface area contributed by atoms with Gasteiger partial charge in [-0.1, -0.05) is 142 Å². The van der Waals surface area contributed by atoms with Crippen molar-refractivity contribution in [2.45, 2.75) is 185 Å². The summed E-state index contributed by atoms with van der Waals surface area (Å²) in [7, 11) is -2.84. The lowest BCUT2D eigenvalue weighted by molar-refractivity contribution is 0.327. The summed E-state index contributed by atoms with van der Waals surface area (Å²) in [6, 6.07) is 4.78. The van der Waals surface area contributed by atoms with Gasteiger partial charge in [0, 0.05) is 9.52 Å². The van der Waals surface area contributed by atoms with Crippen LogP contribution < -0.4 is 0 Å². The van der Waals surface area contributed by atoms with Crippen LogP contribution in [-0.2, 0) is 0 Å². The molecule has 0 saturated carbocycles. The highest BCUT2D eigenvalue weighted by Crippen LogP contribution is 2.31. The Balaban J connectivity index is 3.94. The lowest BCUT2D eigenvalue weighted by atomic mass is 10.1. The monoisotopic (exact) mass is 536 g/mol. The molecule has 0 aromatic rings. The summed E-state index contributed by atoms with van der Waals surface area (Å²) < 4.78 is 42.0. The van der Waals surface area contributed by atoms with Gasteiger partial charge in [-0.3, -0.25) is 4.39 Å². The van der Waals surface area contributed by atoms with Gasteiger partial charge in [-0.05, 0) is 37.0 Å². The lowest BCUT2D eigenvalue weighted by Crippen LogP contribution is -2.28. The summed E-state index contributed by atoms with van der Waals surface area (Å²) in [5, 5.41) is 0. The first kappa shape index (κ1) is 35.2. The summed E-state index contributed by atoms with van der Waals surface area (Å²) >= 11 is 0. The van der Waals surface area contributed by atoms with Gasteiger partial charge < -0.3 is 4.11 Å². The maximum atomic E-state index is 15.9. The van der Waals surface area contributed by atoms with Crippen LogP contribution in [0.1, 0.15) is 149 Å². The van der Waals surface area contributed by atoms with E-state index in [-0.39, 0.29) is 16.2 Å². The zero-order valence-electron chi connectivity index (χ0n) is 24.0. The number of alkyl halides is 2. The SMILES string of the molecule is CCCCCCCC[Si](F)(CCCCCCCC)CCCCCC[SiH2]CC(F)CCCCCCF. The molecule has 0 fully saturated rings. The Morgan fingerprint density at radius 2 is 1.00 bits per heavy atom. The number of rotatable bonds is 29. The van der Waals surface area contributed by atoms with Gasteiger partial charge >= 0.3 is 0 Å². The molecule has 0 aliphatic rings. The quantitative estimate of drug-likeness (QED) is 0.0506. The molecule has 0 aromatic carbocycles. The molecule has 35 heavy (non-hydrogen) atoms. The van der Waals surface area contributed by atoms with E-state index in [1.807, 2.05) is 0 Å². The van der Waals surface area contributed by atoms with Crippen LogP contribution in [0.2, 0.25) is 30.2 Å². The van der Waals surface area contributed by atoms with Crippen molar-refractivity contribution in [3.63, 3.8) is 0 Å². The first-order valence-corrected chi connectivity index (χ1v) is 20.5. The van der Waals surface area contributed by atoms with E-state index in [4.69, 9.17) is 0 Å². The molecule has 0 radical (unpaired) electrons. The normalized spacial score (nSPS) is 13.3. The maximum Gasteiger partial charge on any atom is 0.247 e. The van der Waals surface area contributed by atoms with Crippen molar-refractivity contribution in [1.29, 1.82) is 0 Å². The largest absolute Gasteiger partial charge is 0.314 e. The minimum absolute atomic E-state index is 0.237. The maximum absolute atomic E-state index is 15.9. The van der Waals surface area contributed by atoms with Crippen LogP contribution in [0.4, 0.5) is 12.9 Å². The first-order valence-electron chi connectivity index (χ1n) is 16.0. The van der Waals surface area contributed by atoms with Gasteiger partial charge in [-0.15, -0.1) is 0 Å². The third-order valence-electron chi connectivity index (χ3n) is 7.75. The van der Waals surface area contributed by atoms with Gasteiger partial charge in [-0.25, -0.2) is 4.39 Å². The van der Waals surface area contributed by atoms with E-state index in [9.17, 15) is 8.78 Å². The fraction of sp³-hybridized carbons (Fsp3) is 1.00. The van der Waals surface area contributed by atoms with E-state index < -0.39 is 14.6 Å². The smallest absolute Gasteiger partial charge is 0.247 e. The van der Waals surface area contributed by atoms with E-state index in [1.54, 1.807) is 0 Å². The number of halogens is 3. The molecule has 1 unspecified atom stereocenters. The van der Waals surface area contributed by atoms with Crippen LogP contribution in [0.25, 0.3) is 0 Å². The molecule has 0 bridgehead atoms. The van der Waals surface area contributed by atoms with Gasteiger partial charge in [-0.2, -0.15) is 0 Å². The van der Waals surface area contributed by atoms with E-state index in [2.05, 4.69) is 13.8 Å². The van der Waals surface area contributed by atoms with Gasteiger partial charge in [0.2, 0.25) is 8.41 Å². The molecule has 0 heterocycles. The second kappa shape index (κ2) is 27.3. The predicted octanol–water partition coefficient (Wildman–Crippen LogP) is 11.4. The van der Waals surface area contributed by atoms with Crippen LogP contribution in [0, 0.1) is 0 Å². The average Bonchev–Trinajstić information content (AvgIpc) is 2.85. The van der Waals surface area contributed by atoms with Crippen molar-refractivity contribution < 1.29 is 12.9 Å². The molecule has 0 aliphatic carbocycles. The van der Waals surface area contributed by atoms with Crippen LogP contribution in [-0.4, -0.2) is 30.8 Å². The highest BCUT2D eigenvalue weighted by Gasteiger charge is 2.32. The number of hydrogen-bond acceptors (Lipinski definition) is 0. The minimum Gasteiger partial charge on any atom is -0.314 e. The fourth-order valence-corrected chi connectivity index (χ4v) is 10.4. The van der Waals surface area contributed by atoms with Gasteiger partial charge in [0.05, 0.1) is 12.8 Å². The van der Waals surface area contributed by atoms with Crippen molar-refractivity contribution in [2.24, 2.45) is 0 Å². The van der Waals surface area contributed by atoms with Crippen LogP contribution in [0.15, 0.2) is 0 Å². The van der Waals surface area contributed by atoms with E-state index in [1.165, 1.54) is 89.5 Å². The highest BCUT2D eigenvalue weighted by molar-refractivity contribution is 6.73. The van der Waals surface area contributed by atoms with Crippen molar-refractivity contribution in [2.75, 3.05) is 6.67 Å². The molecule has 0 nitrogen and oxygen atoms in total. The first-order chi connectivity index (χ1) is 17.1. The zero-order valence-corrected chi connectivity index (χ0v) is 26.4. The summed E-state index contributed by atoms with van der Waals surface area (Å²) in [4.78, 5) is 0. The molecule has 0 aromatic heterocycles. The topological polar surface area (TPSA) is 0 Å². The fourth-order valence-electron chi connectivity index (χ4n) is 5.29. The van der Waals surface area contributed by atoms with Crippen LogP contribution >= 0.6 is 0 Å². The lowest BCUT2D eigenvalue weighted by Gasteiger charge is -2.23. The third kappa shape index (κ3) is 25.6. The summed E-state index contributed by atoms with van der Waals surface area (Å²) in [5.41, 5.74) is 0. The van der Waals surface area contributed by atoms with Crippen molar-refractivity contribution >= 4 is 17.9 Å². The molecule has 0 N–H and O–H groups in total. The standard InChI is InChI=1S/C30H63F3Si2/c1-3-5-7-9-14-20-26-35(33,27-21-15-10-8-6-4-2)28-22-16-13-19-25-34-29-30(32)23-17-11-12-18-24-31/h30H,3-29,34H2,1-2H3. The Kier molecular flexibility index (Phi) is 27.4. The molecule has 1 atom stereocenters. The van der Waals surface area contributed by atoms with Crippen molar-refractivity contribution in [3.8, 4) is 0 Å². The van der Waals surface area contributed by atoms with Crippen molar-refractivity contribution in [3.05, 3.63) is 0 Å². The highest BCUT2D eigenvalue weighted by atomic mass is 28.4. The van der Waals surface area contributed by atoms with Gasteiger partial charge in [0.15, 0.2) is 0 Å². The third-order valence-corrected chi connectivity index (χ3v) is 13.5. The Morgan fingerprint density at radius 3 is 1.51 bits per heavy atom. The Bertz CT molecular complexity index is 393. The molecule has 0 rings (SSSR count). The number of hydrogen-bond donors (Lipinski definition) is 0. The molecule has 0 saturated heterocycles. The van der Waals surface area contributed by atoms with E-state index in [0.29, 0.717) is 12.8 Å². The average molecular weight is 537 g/mol. The summed E-state index contributed by atoms with van der Waals surface area (Å²) in [6.07, 6.45) is 23.3. The Morgan fingerprint density at radius 1 is 0.571 bits per heavy atom. The van der Waals surface area contributed by atoms with Gasteiger partial charge in [0.1, 0.15) is 0 Å². The summed E-state index contributed by atoms with van der Waals surface area (Å²) in [5.74, 6) is 0. The summed E-state index contributed by atoms with van der Waals surface area (Å²) in [6.45, 7) is 4.26. The molecule has 0 amide bonds. The van der Waals surface area contributed by atoms with Crippen LogP contribution in [0.3, 0.4) is 0 Å². The van der Waals surface area contributed by atoms with E-state index >= 15 is 4.11 Å².